The lowest BCUT2D eigenvalue weighted by atomic mass is 10.4. The van der Waals surface area contributed by atoms with E-state index in [9.17, 15) is 18.0 Å². The first kappa shape index (κ1) is 15.5. The van der Waals surface area contributed by atoms with Gasteiger partial charge in [0.15, 0.2) is 10.9 Å². The van der Waals surface area contributed by atoms with Gasteiger partial charge in [0, 0.05) is 27.3 Å². The lowest BCUT2D eigenvalue weighted by Gasteiger charge is -2.09. The van der Waals surface area contributed by atoms with Gasteiger partial charge in [-0.15, -0.1) is 10.2 Å². The standard InChI is InChI=1S/C10H13F3N4OS/c1-6(18)7(5-16(2)3)19-9-15-14-8(17(9)4)10(11,12)13/h5H,1-4H3/b7-5-. The number of carbonyl (C=O) groups is 1. The molecule has 0 aliphatic heterocycles. The Bertz CT molecular complexity index is 507. The van der Waals surface area contributed by atoms with Crippen LogP contribution in [0.5, 0.6) is 0 Å². The van der Waals surface area contributed by atoms with Crippen molar-refractivity contribution in [2.24, 2.45) is 7.05 Å². The average molecular weight is 294 g/mol. The normalized spacial score (nSPS) is 12.7. The van der Waals surface area contributed by atoms with Gasteiger partial charge < -0.3 is 9.47 Å². The number of alkyl halides is 3. The maximum absolute atomic E-state index is 12.5. The highest BCUT2D eigenvalue weighted by molar-refractivity contribution is 8.03. The Morgan fingerprint density at radius 3 is 2.32 bits per heavy atom. The lowest BCUT2D eigenvalue weighted by molar-refractivity contribution is -0.147. The van der Waals surface area contributed by atoms with Gasteiger partial charge in [-0.3, -0.25) is 4.79 Å². The highest BCUT2D eigenvalue weighted by Crippen LogP contribution is 2.32. The summed E-state index contributed by atoms with van der Waals surface area (Å²) in [6.07, 6.45) is -3.04. The monoisotopic (exact) mass is 294 g/mol. The van der Waals surface area contributed by atoms with Gasteiger partial charge in [0.1, 0.15) is 0 Å². The van der Waals surface area contributed by atoms with Crippen molar-refractivity contribution in [2.75, 3.05) is 14.1 Å². The summed E-state index contributed by atoms with van der Waals surface area (Å²) in [5.41, 5.74) is 0. The van der Waals surface area contributed by atoms with Crippen LogP contribution in [0.15, 0.2) is 16.3 Å². The van der Waals surface area contributed by atoms with Crippen molar-refractivity contribution in [1.82, 2.24) is 19.7 Å². The zero-order valence-electron chi connectivity index (χ0n) is 10.8. The van der Waals surface area contributed by atoms with Crippen LogP contribution < -0.4 is 0 Å². The smallest absolute Gasteiger partial charge is 0.382 e. The fourth-order valence-corrected chi connectivity index (χ4v) is 2.08. The van der Waals surface area contributed by atoms with E-state index in [0.29, 0.717) is 0 Å². The maximum Gasteiger partial charge on any atom is 0.451 e. The van der Waals surface area contributed by atoms with Gasteiger partial charge in [0.05, 0.1) is 4.91 Å². The van der Waals surface area contributed by atoms with E-state index in [-0.39, 0.29) is 15.8 Å². The summed E-state index contributed by atoms with van der Waals surface area (Å²) in [5, 5.41) is 6.56. The summed E-state index contributed by atoms with van der Waals surface area (Å²) >= 11 is 0.848. The number of hydrogen-bond acceptors (Lipinski definition) is 5. The molecule has 0 unspecified atom stereocenters. The fourth-order valence-electron chi connectivity index (χ4n) is 1.17. The second kappa shape index (κ2) is 5.64. The number of halogens is 3. The largest absolute Gasteiger partial charge is 0.451 e. The van der Waals surface area contributed by atoms with Gasteiger partial charge >= 0.3 is 6.18 Å². The van der Waals surface area contributed by atoms with E-state index in [4.69, 9.17) is 0 Å². The number of thioether (sulfide) groups is 1. The number of rotatable bonds is 4. The Balaban J connectivity index is 3.06. The Kier molecular flexibility index (Phi) is 4.61. The minimum atomic E-state index is -4.57. The first-order valence-electron chi connectivity index (χ1n) is 5.16. The molecule has 19 heavy (non-hydrogen) atoms. The second-order valence-corrected chi connectivity index (χ2v) is 4.99. The minimum Gasteiger partial charge on any atom is -0.382 e. The third-order valence-electron chi connectivity index (χ3n) is 2.01. The van der Waals surface area contributed by atoms with E-state index in [1.54, 1.807) is 19.0 Å². The minimum absolute atomic E-state index is 0.00984. The lowest BCUT2D eigenvalue weighted by Crippen LogP contribution is -2.13. The van der Waals surface area contributed by atoms with Crippen LogP contribution in [0.25, 0.3) is 0 Å². The molecule has 0 amide bonds. The Morgan fingerprint density at radius 1 is 1.37 bits per heavy atom. The first-order chi connectivity index (χ1) is 8.62. The number of aromatic nitrogens is 3. The molecule has 0 atom stereocenters. The van der Waals surface area contributed by atoms with E-state index >= 15 is 0 Å². The van der Waals surface area contributed by atoms with Crippen molar-refractivity contribution >= 4 is 17.5 Å². The molecule has 0 aromatic carbocycles. The molecule has 1 rings (SSSR count). The molecule has 1 aromatic rings. The highest BCUT2D eigenvalue weighted by atomic mass is 32.2. The molecule has 0 bridgehead atoms. The molecule has 0 fully saturated rings. The average Bonchev–Trinajstić information content (AvgIpc) is 2.58. The van der Waals surface area contributed by atoms with Gasteiger partial charge in [-0.2, -0.15) is 13.2 Å². The molecule has 5 nitrogen and oxygen atoms in total. The zero-order chi connectivity index (χ0) is 14.8. The van der Waals surface area contributed by atoms with Gasteiger partial charge in [-0.1, -0.05) is 0 Å². The number of ketones is 1. The second-order valence-electron chi connectivity index (χ2n) is 3.98. The number of nitrogens with zero attached hydrogens (tertiary/aromatic N) is 4. The Labute approximate surface area is 112 Å². The quantitative estimate of drug-likeness (QED) is 0.627. The van der Waals surface area contributed by atoms with Gasteiger partial charge in [0.2, 0.25) is 5.82 Å². The van der Waals surface area contributed by atoms with Crippen molar-refractivity contribution in [3.8, 4) is 0 Å². The van der Waals surface area contributed by atoms with Crippen LogP contribution in [0.2, 0.25) is 0 Å². The number of Topliss-reactive ketones (excluding diaryl/α,β-unsaturated/α-hetero) is 1. The molecule has 1 aromatic heterocycles. The van der Waals surface area contributed by atoms with Gasteiger partial charge in [-0.25, -0.2) is 0 Å². The van der Waals surface area contributed by atoms with Crippen molar-refractivity contribution < 1.29 is 18.0 Å². The Hall–Kier alpha value is -1.51. The molecule has 106 valence electrons. The van der Waals surface area contributed by atoms with Gasteiger partial charge in [0.25, 0.3) is 0 Å². The van der Waals surface area contributed by atoms with Gasteiger partial charge in [-0.05, 0) is 18.7 Å². The molecule has 1 heterocycles. The van der Waals surface area contributed by atoms with E-state index in [0.717, 1.165) is 16.3 Å². The molecule has 9 heteroatoms. The molecule has 0 spiro atoms. The van der Waals surface area contributed by atoms with Crippen LogP contribution in [0, 0.1) is 0 Å². The molecule has 0 saturated carbocycles. The summed E-state index contributed by atoms with van der Waals surface area (Å²) in [5.74, 6) is -1.35. The van der Waals surface area contributed by atoms with E-state index < -0.39 is 12.0 Å². The molecule has 0 N–H and O–H groups in total. The first-order valence-corrected chi connectivity index (χ1v) is 5.98. The summed E-state index contributed by atoms with van der Waals surface area (Å²) < 4.78 is 38.5. The molecular weight excluding hydrogens is 281 g/mol. The van der Waals surface area contributed by atoms with Crippen LogP contribution in [0.4, 0.5) is 13.2 Å². The molecule has 0 aliphatic rings. The van der Waals surface area contributed by atoms with Crippen LogP contribution in [0.1, 0.15) is 12.7 Å². The number of allylic oxidation sites excluding steroid dienone is 1. The third-order valence-corrected chi connectivity index (χ3v) is 3.16. The SMILES string of the molecule is CC(=O)/C(=C/N(C)C)Sc1nnc(C(F)(F)F)n1C. The summed E-state index contributed by atoms with van der Waals surface area (Å²) in [7, 11) is 4.63. The van der Waals surface area contributed by atoms with E-state index in [2.05, 4.69) is 10.2 Å². The van der Waals surface area contributed by atoms with Crippen LogP contribution >= 0.6 is 11.8 Å². The summed E-state index contributed by atoms with van der Waals surface area (Å²) in [6.45, 7) is 1.34. The summed E-state index contributed by atoms with van der Waals surface area (Å²) in [6, 6.07) is 0. The summed E-state index contributed by atoms with van der Waals surface area (Å²) in [4.78, 5) is 13.3. The molecule has 0 radical (unpaired) electrons. The predicted molar refractivity (Wildman–Crippen MR) is 64.3 cm³/mol. The fraction of sp³-hybridized carbons (Fsp3) is 0.500. The molecule has 0 saturated heterocycles. The zero-order valence-corrected chi connectivity index (χ0v) is 11.6. The van der Waals surface area contributed by atoms with Crippen LogP contribution in [-0.2, 0) is 18.0 Å². The van der Waals surface area contributed by atoms with Crippen LogP contribution in [0.3, 0.4) is 0 Å². The number of hydrogen-bond donors (Lipinski definition) is 0. The highest BCUT2D eigenvalue weighted by Gasteiger charge is 2.37. The Morgan fingerprint density at radius 2 is 1.95 bits per heavy atom. The van der Waals surface area contributed by atoms with E-state index in [1.807, 2.05) is 0 Å². The third kappa shape index (κ3) is 3.98. The topological polar surface area (TPSA) is 51.0 Å². The predicted octanol–water partition coefficient (Wildman–Crippen LogP) is 1.92. The van der Waals surface area contributed by atoms with Crippen molar-refractivity contribution in [3.05, 3.63) is 16.9 Å². The number of carbonyl (C=O) groups excluding carboxylic acids is 1. The molecular formula is C10H13F3N4OS. The van der Waals surface area contributed by atoms with Crippen LogP contribution in [-0.4, -0.2) is 39.5 Å². The van der Waals surface area contributed by atoms with E-state index in [1.165, 1.54) is 20.2 Å². The maximum atomic E-state index is 12.5. The van der Waals surface area contributed by atoms with Crippen molar-refractivity contribution in [1.29, 1.82) is 0 Å². The van der Waals surface area contributed by atoms with Crippen molar-refractivity contribution in [3.63, 3.8) is 0 Å². The van der Waals surface area contributed by atoms with Crippen molar-refractivity contribution in [2.45, 2.75) is 18.3 Å². The molecule has 0 aliphatic carbocycles.